The van der Waals surface area contributed by atoms with E-state index in [1.165, 1.54) is 12.1 Å². The molecular weight excluding hydrogens is 246 g/mol. The van der Waals surface area contributed by atoms with E-state index in [0.717, 1.165) is 18.5 Å². The Morgan fingerprint density at radius 1 is 1.32 bits per heavy atom. The van der Waals surface area contributed by atoms with Gasteiger partial charge in [-0.15, -0.1) is 0 Å². The lowest BCUT2D eigenvalue weighted by molar-refractivity contribution is -0.384. The molecule has 0 aliphatic heterocycles. The van der Waals surface area contributed by atoms with E-state index in [9.17, 15) is 14.9 Å². The number of ketones is 1. The summed E-state index contributed by atoms with van der Waals surface area (Å²) in [6.07, 6.45) is 2.12. The first-order valence-corrected chi connectivity index (χ1v) is 6.02. The maximum atomic E-state index is 12.0. The molecule has 1 aromatic carbocycles. The van der Waals surface area contributed by atoms with Crippen molar-refractivity contribution in [3.8, 4) is 11.3 Å². The number of fused-ring (bicyclic) bond motifs is 1. The van der Waals surface area contributed by atoms with Crippen molar-refractivity contribution < 1.29 is 9.72 Å². The molecule has 96 valence electrons. The molecular formula is C13H11N3O3. The van der Waals surface area contributed by atoms with Crippen LogP contribution in [0.15, 0.2) is 24.3 Å². The number of carbonyl (C=O) groups excluding carboxylic acids is 1. The van der Waals surface area contributed by atoms with Crippen LogP contribution < -0.4 is 0 Å². The number of benzene rings is 1. The third-order valence-electron chi connectivity index (χ3n) is 3.28. The van der Waals surface area contributed by atoms with E-state index in [4.69, 9.17) is 0 Å². The van der Waals surface area contributed by atoms with Crippen molar-refractivity contribution in [2.24, 2.45) is 0 Å². The second kappa shape index (κ2) is 4.31. The van der Waals surface area contributed by atoms with Gasteiger partial charge in [-0.1, -0.05) is 12.1 Å². The fourth-order valence-corrected chi connectivity index (χ4v) is 2.39. The lowest BCUT2D eigenvalue weighted by Crippen LogP contribution is -2.10. The van der Waals surface area contributed by atoms with Crippen LogP contribution >= 0.6 is 0 Å². The number of carbonyl (C=O) groups is 1. The predicted octanol–water partition coefficient (Wildman–Crippen LogP) is 2.50. The lowest BCUT2D eigenvalue weighted by atomic mass is 9.92. The molecule has 2 aromatic rings. The van der Waals surface area contributed by atoms with E-state index >= 15 is 0 Å². The number of Topliss-reactive ketones (excluding diaryl/α,β-unsaturated/α-hetero) is 1. The van der Waals surface area contributed by atoms with E-state index in [1.54, 1.807) is 12.1 Å². The fourth-order valence-electron chi connectivity index (χ4n) is 2.39. The van der Waals surface area contributed by atoms with Gasteiger partial charge in [0.1, 0.15) is 5.69 Å². The Morgan fingerprint density at radius 3 is 2.95 bits per heavy atom. The molecule has 0 amide bonds. The molecule has 0 atom stereocenters. The zero-order valence-corrected chi connectivity index (χ0v) is 10.0. The zero-order chi connectivity index (χ0) is 13.4. The van der Waals surface area contributed by atoms with Crippen molar-refractivity contribution in [3.63, 3.8) is 0 Å². The Morgan fingerprint density at radius 2 is 2.16 bits per heavy atom. The second-order valence-corrected chi connectivity index (χ2v) is 4.51. The number of nitrogens with one attached hydrogen (secondary N) is 1. The van der Waals surface area contributed by atoms with E-state index in [1.807, 2.05) is 0 Å². The number of aromatic nitrogens is 2. The van der Waals surface area contributed by atoms with Crippen molar-refractivity contribution in [1.29, 1.82) is 0 Å². The summed E-state index contributed by atoms with van der Waals surface area (Å²) in [6, 6.07) is 6.19. The highest BCUT2D eigenvalue weighted by Gasteiger charge is 2.25. The molecule has 6 nitrogen and oxygen atoms in total. The van der Waals surface area contributed by atoms with Crippen molar-refractivity contribution in [2.45, 2.75) is 19.3 Å². The maximum absolute atomic E-state index is 12.0. The standard InChI is InChI=1S/C13H11N3O3/c17-11-6-2-5-10-12(11)13(15-14-10)8-3-1-4-9(7-8)16(18)19/h1,3-4,7H,2,5-6H2,(H,14,15). The minimum absolute atomic E-state index is 0.00231. The van der Waals surface area contributed by atoms with Gasteiger partial charge < -0.3 is 0 Å². The van der Waals surface area contributed by atoms with Gasteiger partial charge in [0.2, 0.25) is 0 Å². The summed E-state index contributed by atoms with van der Waals surface area (Å²) < 4.78 is 0. The smallest absolute Gasteiger partial charge is 0.270 e. The van der Waals surface area contributed by atoms with E-state index < -0.39 is 4.92 Å². The number of hydrogen-bond donors (Lipinski definition) is 1. The Kier molecular flexibility index (Phi) is 2.63. The molecule has 19 heavy (non-hydrogen) atoms. The molecule has 0 saturated carbocycles. The molecule has 1 N–H and O–H groups in total. The van der Waals surface area contributed by atoms with Crippen molar-refractivity contribution in [1.82, 2.24) is 10.2 Å². The molecule has 1 aromatic heterocycles. The number of hydrogen-bond acceptors (Lipinski definition) is 4. The molecule has 0 saturated heterocycles. The summed E-state index contributed by atoms with van der Waals surface area (Å²) in [4.78, 5) is 22.3. The SMILES string of the molecule is O=C1CCCc2[nH]nc(-c3cccc([N+](=O)[O-])c3)c21. The van der Waals surface area contributed by atoms with Gasteiger partial charge >= 0.3 is 0 Å². The van der Waals surface area contributed by atoms with Crippen LogP contribution in [0, 0.1) is 10.1 Å². The lowest BCUT2D eigenvalue weighted by Gasteiger charge is -2.10. The van der Waals surface area contributed by atoms with Crippen LogP contribution in [0.2, 0.25) is 0 Å². The summed E-state index contributed by atoms with van der Waals surface area (Å²) >= 11 is 0. The fraction of sp³-hybridized carbons (Fsp3) is 0.231. The molecule has 0 bridgehead atoms. The normalized spacial score (nSPS) is 14.2. The van der Waals surface area contributed by atoms with Crippen molar-refractivity contribution >= 4 is 11.5 Å². The minimum atomic E-state index is -0.454. The molecule has 0 fully saturated rings. The Bertz CT molecular complexity index is 676. The van der Waals surface area contributed by atoms with Crippen LogP contribution in [-0.4, -0.2) is 20.9 Å². The molecule has 1 aliphatic rings. The Labute approximate surface area is 108 Å². The first-order valence-electron chi connectivity index (χ1n) is 6.02. The summed E-state index contributed by atoms with van der Waals surface area (Å²) in [6.45, 7) is 0. The second-order valence-electron chi connectivity index (χ2n) is 4.51. The molecule has 1 heterocycles. The van der Waals surface area contributed by atoms with Crippen LogP contribution in [-0.2, 0) is 6.42 Å². The van der Waals surface area contributed by atoms with Crippen LogP contribution in [0.25, 0.3) is 11.3 Å². The highest BCUT2D eigenvalue weighted by atomic mass is 16.6. The minimum Gasteiger partial charge on any atom is -0.294 e. The van der Waals surface area contributed by atoms with Crippen molar-refractivity contribution in [3.05, 3.63) is 45.6 Å². The first kappa shape index (κ1) is 11.6. The first-order chi connectivity index (χ1) is 9.16. The summed E-state index contributed by atoms with van der Waals surface area (Å²) in [5.41, 5.74) is 2.53. The quantitative estimate of drug-likeness (QED) is 0.661. The number of non-ortho nitro benzene ring substituents is 1. The highest BCUT2D eigenvalue weighted by molar-refractivity contribution is 6.03. The third-order valence-corrected chi connectivity index (χ3v) is 3.28. The van der Waals surface area contributed by atoms with Crippen molar-refractivity contribution in [2.75, 3.05) is 0 Å². The topological polar surface area (TPSA) is 88.9 Å². The van der Waals surface area contributed by atoms with Gasteiger partial charge in [0, 0.05) is 29.8 Å². The number of nitro benzene ring substituents is 1. The van der Waals surface area contributed by atoms with Crippen LogP contribution in [0.5, 0.6) is 0 Å². The number of nitro groups is 1. The van der Waals surface area contributed by atoms with Gasteiger partial charge in [-0.3, -0.25) is 20.0 Å². The molecule has 0 spiro atoms. The number of H-pyrrole nitrogens is 1. The Hall–Kier alpha value is -2.50. The largest absolute Gasteiger partial charge is 0.294 e. The van der Waals surface area contributed by atoms with Crippen LogP contribution in [0.1, 0.15) is 28.9 Å². The number of rotatable bonds is 2. The highest BCUT2D eigenvalue weighted by Crippen LogP contribution is 2.30. The van der Waals surface area contributed by atoms with Crippen LogP contribution in [0.4, 0.5) is 5.69 Å². The molecule has 1 aliphatic carbocycles. The Balaban J connectivity index is 2.13. The summed E-state index contributed by atoms with van der Waals surface area (Å²) in [7, 11) is 0. The summed E-state index contributed by atoms with van der Waals surface area (Å²) in [5, 5.41) is 17.8. The van der Waals surface area contributed by atoms with Gasteiger partial charge in [0.05, 0.1) is 10.5 Å². The molecule has 0 radical (unpaired) electrons. The maximum Gasteiger partial charge on any atom is 0.270 e. The third kappa shape index (κ3) is 1.91. The molecule has 0 unspecified atom stereocenters. The van der Waals surface area contributed by atoms with Gasteiger partial charge in [-0.25, -0.2) is 0 Å². The summed E-state index contributed by atoms with van der Waals surface area (Å²) in [5.74, 6) is 0.0523. The average molecular weight is 257 g/mol. The predicted molar refractivity (Wildman–Crippen MR) is 67.9 cm³/mol. The average Bonchev–Trinajstić information content (AvgIpc) is 2.84. The van der Waals surface area contributed by atoms with Crippen LogP contribution in [0.3, 0.4) is 0 Å². The van der Waals surface area contributed by atoms with Gasteiger partial charge in [0.15, 0.2) is 5.78 Å². The number of nitrogens with zero attached hydrogens (tertiary/aromatic N) is 2. The number of aromatic amines is 1. The van der Waals surface area contributed by atoms with Gasteiger partial charge in [0.25, 0.3) is 5.69 Å². The van der Waals surface area contributed by atoms with Gasteiger partial charge in [-0.05, 0) is 12.8 Å². The van der Waals surface area contributed by atoms with E-state index in [-0.39, 0.29) is 11.5 Å². The zero-order valence-electron chi connectivity index (χ0n) is 10.0. The van der Waals surface area contributed by atoms with E-state index in [0.29, 0.717) is 23.2 Å². The molecule has 6 heteroatoms. The molecule has 3 rings (SSSR count). The van der Waals surface area contributed by atoms with E-state index in [2.05, 4.69) is 10.2 Å². The number of aryl methyl sites for hydroxylation is 1. The monoisotopic (exact) mass is 257 g/mol. The van der Waals surface area contributed by atoms with Gasteiger partial charge in [-0.2, -0.15) is 5.10 Å².